The Balaban J connectivity index is 2.58. The summed E-state index contributed by atoms with van der Waals surface area (Å²) in [5.41, 5.74) is 1.28. The first-order valence-electron chi connectivity index (χ1n) is 7.37. The molecule has 0 bridgehead atoms. The molecule has 0 saturated carbocycles. The number of amides is 1. The number of nitrogens with one attached hydrogen (secondary N) is 1. The molecule has 0 aromatic heterocycles. The molecule has 0 heterocycles. The smallest absolute Gasteiger partial charge is 0.265 e. The Morgan fingerprint density at radius 1 is 0.926 bits per heavy atom. The zero-order valence-electron chi connectivity index (χ0n) is 13.9. The minimum atomic E-state index is -4.46. The summed E-state index contributed by atoms with van der Waals surface area (Å²) in [7, 11) is -8.63. The van der Waals surface area contributed by atoms with Gasteiger partial charge in [0.25, 0.3) is 5.91 Å². The van der Waals surface area contributed by atoms with E-state index in [-0.39, 0.29) is 9.79 Å². The van der Waals surface area contributed by atoms with Crippen molar-refractivity contribution in [1.29, 1.82) is 0 Å². The molecule has 1 unspecified atom stereocenters. The van der Waals surface area contributed by atoms with Crippen LogP contribution >= 0.6 is 31.9 Å². The van der Waals surface area contributed by atoms with Crippen molar-refractivity contribution >= 4 is 57.4 Å². The van der Waals surface area contributed by atoms with Gasteiger partial charge in [0, 0.05) is 8.95 Å². The van der Waals surface area contributed by atoms with E-state index in [4.69, 9.17) is 5.21 Å². The van der Waals surface area contributed by atoms with Gasteiger partial charge >= 0.3 is 0 Å². The quantitative estimate of drug-likeness (QED) is 0.429. The topological polar surface area (TPSA) is 118 Å². The average Bonchev–Trinajstić information content (AvgIpc) is 2.61. The van der Waals surface area contributed by atoms with E-state index in [9.17, 15) is 21.6 Å². The predicted octanol–water partition coefficient (Wildman–Crippen LogP) is 2.72. The average molecular weight is 541 g/mol. The van der Waals surface area contributed by atoms with Crippen molar-refractivity contribution in [3.05, 3.63) is 57.5 Å². The first-order valence-corrected chi connectivity index (χ1v) is 12.1. The highest BCUT2D eigenvalue weighted by atomic mass is 79.9. The second-order valence-electron chi connectivity index (χ2n) is 5.84. The number of carbonyl (C=O) groups excluding carboxylic acids is 1. The first-order chi connectivity index (χ1) is 12.4. The van der Waals surface area contributed by atoms with E-state index in [1.165, 1.54) is 54.0 Å². The number of hydroxylamine groups is 1. The van der Waals surface area contributed by atoms with Crippen LogP contribution in [0.2, 0.25) is 0 Å². The molecular weight excluding hydrogens is 526 g/mol. The van der Waals surface area contributed by atoms with Crippen LogP contribution in [0.1, 0.15) is 6.92 Å². The van der Waals surface area contributed by atoms with E-state index < -0.39 is 36.1 Å². The number of hydrogen-bond acceptors (Lipinski definition) is 6. The third-order valence-corrected chi connectivity index (χ3v) is 9.53. The third-order valence-electron chi connectivity index (χ3n) is 3.94. The summed E-state index contributed by atoms with van der Waals surface area (Å²) < 4.78 is 50.5. The molecule has 2 aromatic rings. The highest BCUT2D eigenvalue weighted by Gasteiger charge is 2.50. The Hall–Kier alpha value is -1.27. The Kier molecular flexibility index (Phi) is 6.52. The molecule has 7 nitrogen and oxygen atoms in total. The van der Waals surface area contributed by atoms with Gasteiger partial charge in [-0.05, 0) is 55.5 Å². The number of halogens is 2. The Bertz CT molecular complexity index is 1050. The van der Waals surface area contributed by atoms with Crippen LogP contribution in [-0.2, 0) is 24.5 Å². The minimum absolute atomic E-state index is 0.145. The van der Waals surface area contributed by atoms with Gasteiger partial charge in [0.1, 0.15) is 0 Å². The molecule has 146 valence electrons. The monoisotopic (exact) mass is 539 g/mol. The lowest BCUT2D eigenvalue weighted by atomic mass is 10.2. The number of carbonyl (C=O) groups is 1. The summed E-state index contributed by atoms with van der Waals surface area (Å²) in [5, 5.41) is 9.06. The number of sulfone groups is 2. The third kappa shape index (κ3) is 4.43. The van der Waals surface area contributed by atoms with Gasteiger partial charge in [-0.15, -0.1) is 0 Å². The molecule has 0 radical (unpaired) electrons. The van der Waals surface area contributed by atoms with Crippen LogP contribution in [0, 0.1) is 0 Å². The van der Waals surface area contributed by atoms with Crippen LogP contribution in [0.5, 0.6) is 0 Å². The summed E-state index contributed by atoms with van der Waals surface area (Å²) in [5.74, 6) is -2.39. The number of rotatable bonds is 6. The van der Waals surface area contributed by atoms with Gasteiger partial charge in [-0.1, -0.05) is 31.9 Å². The first kappa shape index (κ1) is 22.0. The number of hydrogen-bond donors (Lipinski definition) is 2. The van der Waals surface area contributed by atoms with Crippen LogP contribution in [0.25, 0.3) is 0 Å². The fourth-order valence-corrected chi connectivity index (χ4v) is 6.84. The molecule has 1 atom stereocenters. The molecule has 0 spiro atoms. The lowest BCUT2D eigenvalue weighted by Gasteiger charge is -2.27. The van der Waals surface area contributed by atoms with E-state index in [2.05, 4.69) is 31.9 Å². The van der Waals surface area contributed by atoms with Crippen molar-refractivity contribution in [3.8, 4) is 0 Å². The highest BCUT2D eigenvalue weighted by Crippen LogP contribution is 2.31. The summed E-state index contributed by atoms with van der Waals surface area (Å²) in [6, 6.07) is 11.0. The lowest BCUT2D eigenvalue weighted by molar-refractivity contribution is -0.131. The van der Waals surface area contributed by atoms with Crippen molar-refractivity contribution < 1.29 is 26.8 Å². The second-order valence-corrected chi connectivity index (χ2v) is 12.0. The van der Waals surface area contributed by atoms with Gasteiger partial charge in [0.05, 0.1) is 15.5 Å². The van der Waals surface area contributed by atoms with Crippen molar-refractivity contribution in [2.75, 3.05) is 5.75 Å². The van der Waals surface area contributed by atoms with Gasteiger partial charge < -0.3 is 0 Å². The zero-order chi connectivity index (χ0) is 20.5. The van der Waals surface area contributed by atoms with Gasteiger partial charge in [0.15, 0.2) is 24.4 Å². The minimum Gasteiger partial charge on any atom is -0.289 e. The standard InChI is InChI=1S/C16H15Br2NO6S2/c1-16(15(20)19-21,27(24,25)14-8-4-12(18)5-9-14)10-26(22,23)13-6-2-11(17)3-7-13/h2-9,21H,10H2,1H3,(H,19,20). The molecule has 2 aromatic carbocycles. The molecule has 0 aliphatic heterocycles. The summed E-state index contributed by atoms with van der Waals surface area (Å²) in [4.78, 5) is 11.9. The zero-order valence-corrected chi connectivity index (χ0v) is 18.7. The van der Waals surface area contributed by atoms with Gasteiger partial charge in [-0.25, -0.2) is 22.3 Å². The SMILES string of the molecule is CC(CS(=O)(=O)c1ccc(Br)cc1)(C(=O)NO)S(=O)(=O)c1ccc(Br)cc1. The molecule has 11 heteroatoms. The van der Waals surface area contributed by atoms with Crippen LogP contribution < -0.4 is 5.48 Å². The normalized spacial score (nSPS) is 14.4. The molecule has 2 N–H and O–H groups in total. The van der Waals surface area contributed by atoms with Gasteiger partial charge in [-0.3, -0.25) is 10.0 Å². The molecule has 0 aliphatic carbocycles. The Labute approximate surface area is 173 Å². The van der Waals surface area contributed by atoms with Crippen LogP contribution in [0.3, 0.4) is 0 Å². The highest BCUT2D eigenvalue weighted by molar-refractivity contribution is 9.10. The van der Waals surface area contributed by atoms with E-state index in [1.807, 2.05) is 0 Å². The molecule has 2 rings (SSSR count). The van der Waals surface area contributed by atoms with Crippen molar-refractivity contribution in [3.63, 3.8) is 0 Å². The van der Waals surface area contributed by atoms with Crippen molar-refractivity contribution in [1.82, 2.24) is 5.48 Å². The maximum atomic E-state index is 13.1. The lowest BCUT2D eigenvalue weighted by Crippen LogP contribution is -2.53. The van der Waals surface area contributed by atoms with E-state index in [1.54, 1.807) is 0 Å². The maximum absolute atomic E-state index is 13.1. The molecule has 27 heavy (non-hydrogen) atoms. The van der Waals surface area contributed by atoms with Crippen LogP contribution in [0.15, 0.2) is 67.3 Å². The summed E-state index contributed by atoms with van der Waals surface area (Å²) >= 11 is 6.36. The van der Waals surface area contributed by atoms with Crippen molar-refractivity contribution in [2.24, 2.45) is 0 Å². The Morgan fingerprint density at radius 2 is 1.33 bits per heavy atom. The summed E-state index contributed by atoms with van der Waals surface area (Å²) in [6.07, 6.45) is 0. The van der Waals surface area contributed by atoms with Gasteiger partial charge in [0.2, 0.25) is 0 Å². The fraction of sp³-hybridized carbons (Fsp3) is 0.188. The van der Waals surface area contributed by atoms with E-state index in [0.717, 1.165) is 6.92 Å². The molecule has 0 aliphatic rings. The van der Waals surface area contributed by atoms with Gasteiger partial charge in [-0.2, -0.15) is 0 Å². The Morgan fingerprint density at radius 3 is 1.74 bits per heavy atom. The van der Waals surface area contributed by atoms with Crippen LogP contribution in [-0.4, -0.2) is 38.4 Å². The molecule has 0 fully saturated rings. The van der Waals surface area contributed by atoms with E-state index in [0.29, 0.717) is 8.95 Å². The molecular formula is C16H15Br2NO6S2. The molecule has 1 amide bonds. The predicted molar refractivity (Wildman–Crippen MR) is 106 cm³/mol. The van der Waals surface area contributed by atoms with Crippen molar-refractivity contribution in [2.45, 2.75) is 21.5 Å². The summed E-state index contributed by atoms with van der Waals surface area (Å²) in [6.45, 7) is 0.965. The number of benzene rings is 2. The van der Waals surface area contributed by atoms with Crippen LogP contribution in [0.4, 0.5) is 0 Å². The fourth-order valence-electron chi connectivity index (χ4n) is 2.35. The maximum Gasteiger partial charge on any atom is 0.265 e. The van der Waals surface area contributed by atoms with E-state index >= 15 is 0 Å². The largest absolute Gasteiger partial charge is 0.289 e. The molecule has 0 saturated heterocycles. The second kappa shape index (κ2) is 8.00.